The van der Waals surface area contributed by atoms with Gasteiger partial charge in [0.05, 0.1) is 39.9 Å². The Bertz CT molecular complexity index is 1310. The number of amides is 1. The molecule has 3 unspecified atom stereocenters. The first-order valence-corrected chi connectivity index (χ1v) is 32.5. The van der Waals surface area contributed by atoms with Crippen molar-refractivity contribution in [3.63, 3.8) is 0 Å². The van der Waals surface area contributed by atoms with Gasteiger partial charge in [-0.3, -0.25) is 13.8 Å². The Hall–Kier alpha value is -1.54. The van der Waals surface area contributed by atoms with Crippen molar-refractivity contribution in [2.45, 2.75) is 309 Å². The third-order valence-corrected chi connectivity index (χ3v) is 15.0. The minimum Gasteiger partial charge on any atom is -0.387 e. The predicted molar refractivity (Wildman–Crippen MR) is 314 cm³/mol. The highest BCUT2D eigenvalue weighted by Gasteiger charge is 2.27. The Morgan fingerprint density at radius 1 is 0.458 bits per heavy atom. The van der Waals surface area contributed by atoms with E-state index in [-0.39, 0.29) is 19.1 Å². The average molecular weight is 1030 g/mol. The highest BCUT2D eigenvalue weighted by molar-refractivity contribution is 7.47. The van der Waals surface area contributed by atoms with E-state index in [1.54, 1.807) is 6.08 Å². The SMILES string of the molecule is CCCCCCCCCCCCCC/C=C\CCCCCCCCCCCCCC(=O)NC(COP(=O)(O)OCC[N+](C)(C)C)C(O)/C=C/CC/C=C/CC/C=C/CCCCCCCCCCCCCCC. The lowest BCUT2D eigenvalue weighted by molar-refractivity contribution is -0.870. The Labute approximate surface area is 448 Å². The maximum absolute atomic E-state index is 13.0. The summed E-state index contributed by atoms with van der Waals surface area (Å²) in [6.45, 7) is 4.82. The van der Waals surface area contributed by atoms with Crippen LogP contribution in [0.1, 0.15) is 296 Å². The lowest BCUT2D eigenvalue weighted by atomic mass is 10.0. The second-order valence-electron chi connectivity index (χ2n) is 22.4. The van der Waals surface area contributed by atoms with Gasteiger partial charge in [0.15, 0.2) is 0 Å². The zero-order valence-corrected chi connectivity index (χ0v) is 49.3. The number of aliphatic hydroxyl groups is 1. The summed E-state index contributed by atoms with van der Waals surface area (Å²) in [4.78, 5) is 23.3. The van der Waals surface area contributed by atoms with Gasteiger partial charge in [0.2, 0.25) is 5.91 Å². The number of hydrogen-bond acceptors (Lipinski definition) is 5. The largest absolute Gasteiger partial charge is 0.472 e. The van der Waals surface area contributed by atoms with Gasteiger partial charge in [-0.05, 0) is 70.6 Å². The van der Waals surface area contributed by atoms with Gasteiger partial charge in [-0.2, -0.15) is 0 Å². The average Bonchev–Trinajstić information content (AvgIpc) is 3.34. The van der Waals surface area contributed by atoms with Gasteiger partial charge in [-0.25, -0.2) is 4.57 Å². The molecule has 0 radical (unpaired) electrons. The minimum absolute atomic E-state index is 0.0533. The molecule has 3 N–H and O–H groups in total. The van der Waals surface area contributed by atoms with Crippen molar-refractivity contribution in [2.24, 2.45) is 0 Å². The molecule has 72 heavy (non-hydrogen) atoms. The maximum Gasteiger partial charge on any atom is 0.472 e. The number of nitrogens with zero attached hydrogens (tertiary/aromatic N) is 1. The summed E-state index contributed by atoms with van der Waals surface area (Å²) in [5, 5.41) is 13.9. The van der Waals surface area contributed by atoms with E-state index in [2.05, 4.69) is 55.6 Å². The molecule has 1 amide bonds. The summed E-state index contributed by atoms with van der Waals surface area (Å²) in [6.07, 6.45) is 72.3. The Kier molecular flexibility index (Phi) is 53.1. The molecular weight excluding hydrogens is 912 g/mol. The summed E-state index contributed by atoms with van der Waals surface area (Å²) < 4.78 is 23.7. The molecule has 0 aliphatic carbocycles. The number of rotatable bonds is 57. The molecule has 0 heterocycles. The van der Waals surface area contributed by atoms with Gasteiger partial charge in [0, 0.05) is 6.42 Å². The van der Waals surface area contributed by atoms with Gasteiger partial charge in [0.25, 0.3) is 0 Å². The van der Waals surface area contributed by atoms with E-state index < -0.39 is 20.0 Å². The molecule has 8 nitrogen and oxygen atoms in total. The lowest BCUT2D eigenvalue weighted by Crippen LogP contribution is -2.45. The molecule has 0 aromatic heterocycles. The van der Waals surface area contributed by atoms with E-state index in [1.807, 2.05) is 27.2 Å². The molecular formula is C63H122N2O6P+. The van der Waals surface area contributed by atoms with Crippen LogP contribution in [0.25, 0.3) is 0 Å². The van der Waals surface area contributed by atoms with Crippen molar-refractivity contribution in [3.05, 3.63) is 48.6 Å². The number of likely N-dealkylation sites (N-methyl/N-ethyl adjacent to an activating group) is 1. The fourth-order valence-electron chi connectivity index (χ4n) is 9.13. The summed E-state index contributed by atoms with van der Waals surface area (Å²) in [5.41, 5.74) is 0. The van der Waals surface area contributed by atoms with E-state index in [9.17, 15) is 19.4 Å². The van der Waals surface area contributed by atoms with E-state index in [4.69, 9.17) is 9.05 Å². The van der Waals surface area contributed by atoms with Gasteiger partial charge < -0.3 is 19.8 Å². The first-order chi connectivity index (χ1) is 35.0. The van der Waals surface area contributed by atoms with Crippen molar-refractivity contribution in [1.82, 2.24) is 5.32 Å². The zero-order valence-electron chi connectivity index (χ0n) is 48.4. The van der Waals surface area contributed by atoms with Crippen LogP contribution in [-0.4, -0.2) is 73.4 Å². The van der Waals surface area contributed by atoms with Crippen LogP contribution in [0, 0.1) is 0 Å². The van der Waals surface area contributed by atoms with Gasteiger partial charge in [0.1, 0.15) is 13.2 Å². The third-order valence-electron chi connectivity index (χ3n) is 14.0. The first-order valence-electron chi connectivity index (χ1n) is 31.0. The molecule has 0 rings (SSSR count). The molecule has 0 saturated heterocycles. The number of carbonyl (C=O) groups is 1. The maximum atomic E-state index is 13.0. The Balaban J connectivity index is 4.21. The number of hydrogen-bond donors (Lipinski definition) is 3. The van der Waals surface area contributed by atoms with E-state index in [0.29, 0.717) is 17.4 Å². The Morgan fingerprint density at radius 2 is 0.764 bits per heavy atom. The zero-order chi connectivity index (χ0) is 52.7. The van der Waals surface area contributed by atoms with Crippen molar-refractivity contribution < 1.29 is 32.9 Å². The summed E-state index contributed by atoms with van der Waals surface area (Å²) >= 11 is 0. The molecule has 0 fully saturated rings. The normalized spacial score (nSPS) is 14.2. The van der Waals surface area contributed by atoms with Crippen LogP contribution in [0.3, 0.4) is 0 Å². The summed E-state index contributed by atoms with van der Waals surface area (Å²) in [7, 11) is 1.55. The molecule has 0 bridgehead atoms. The molecule has 0 aromatic rings. The van der Waals surface area contributed by atoms with Crippen LogP contribution >= 0.6 is 7.82 Å². The summed E-state index contributed by atoms with van der Waals surface area (Å²) in [6, 6.07) is -0.872. The first kappa shape index (κ1) is 70.5. The lowest BCUT2D eigenvalue weighted by Gasteiger charge is -2.25. The van der Waals surface area contributed by atoms with E-state index in [1.165, 1.54) is 231 Å². The molecule has 424 valence electrons. The minimum atomic E-state index is -4.36. The van der Waals surface area contributed by atoms with Gasteiger partial charge in [-0.1, -0.05) is 268 Å². The highest BCUT2D eigenvalue weighted by atomic mass is 31.2. The van der Waals surface area contributed by atoms with Crippen molar-refractivity contribution in [2.75, 3.05) is 40.9 Å². The molecule has 0 aliphatic rings. The fraction of sp³-hybridized carbons (Fsp3) is 0.857. The predicted octanol–water partition coefficient (Wildman–Crippen LogP) is 19.1. The number of allylic oxidation sites excluding steroid dienone is 7. The molecule has 0 spiro atoms. The standard InChI is InChI=1S/C63H121N2O6P/c1-6-8-10-12-14-16-18-20-22-24-26-28-30-31-32-33-35-37-39-41-43-45-47-49-51-53-55-57-63(67)64-61(60-71-72(68,69)70-59-58-65(3,4)5)62(66)56-54-52-50-48-46-44-42-40-38-36-34-29-27-25-23-21-19-17-15-13-11-9-7-2/h31-32,38,40,46,48,54,56,61-62,66H,6-30,33-37,39,41-45,47,49-53,55,57-60H2,1-5H3,(H-,64,67,68,69)/p+1/b32-31-,40-38+,48-46+,56-54+. The molecule has 0 saturated carbocycles. The number of carbonyl (C=O) groups excluding carboxylic acids is 1. The summed E-state index contributed by atoms with van der Waals surface area (Å²) in [5.74, 6) is -0.189. The number of phosphoric ester groups is 1. The third kappa shape index (κ3) is 56.2. The van der Waals surface area contributed by atoms with Crippen LogP contribution in [0.2, 0.25) is 0 Å². The van der Waals surface area contributed by atoms with Gasteiger partial charge >= 0.3 is 7.82 Å². The van der Waals surface area contributed by atoms with Gasteiger partial charge in [-0.15, -0.1) is 0 Å². The van der Waals surface area contributed by atoms with Crippen LogP contribution in [-0.2, 0) is 18.4 Å². The van der Waals surface area contributed by atoms with Crippen molar-refractivity contribution in [3.8, 4) is 0 Å². The molecule has 9 heteroatoms. The second kappa shape index (κ2) is 54.3. The van der Waals surface area contributed by atoms with Crippen LogP contribution in [0.4, 0.5) is 0 Å². The second-order valence-corrected chi connectivity index (χ2v) is 23.9. The molecule has 3 atom stereocenters. The number of quaternary nitrogens is 1. The number of phosphoric acid groups is 1. The number of aliphatic hydroxyl groups excluding tert-OH is 1. The van der Waals surface area contributed by atoms with Crippen molar-refractivity contribution >= 4 is 13.7 Å². The van der Waals surface area contributed by atoms with Crippen LogP contribution in [0.5, 0.6) is 0 Å². The molecule has 0 aromatic carbocycles. The van der Waals surface area contributed by atoms with E-state index >= 15 is 0 Å². The van der Waals surface area contributed by atoms with Crippen LogP contribution < -0.4 is 5.32 Å². The topological polar surface area (TPSA) is 105 Å². The van der Waals surface area contributed by atoms with Crippen molar-refractivity contribution in [1.29, 1.82) is 0 Å². The van der Waals surface area contributed by atoms with E-state index in [0.717, 1.165) is 44.9 Å². The quantitative estimate of drug-likeness (QED) is 0.0243. The molecule has 0 aliphatic heterocycles. The Morgan fingerprint density at radius 3 is 1.11 bits per heavy atom. The smallest absolute Gasteiger partial charge is 0.387 e. The van der Waals surface area contributed by atoms with Crippen LogP contribution in [0.15, 0.2) is 48.6 Å². The number of nitrogens with one attached hydrogen (secondary N) is 1. The highest BCUT2D eigenvalue weighted by Crippen LogP contribution is 2.43. The monoisotopic (exact) mass is 1030 g/mol. The number of unbranched alkanes of at least 4 members (excludes halogenated alkanes) is 38. The fourth-order valence-corrected chi connectivity index (χ4v) is 9.87.